The zero-order valence-electron chi connectivity index (χ0n) is 11.7. The molecular weight excluding hydrogens is 280 g/mol. The summed E-state index contributed by atoms with van der Waals surface area (Å²) in [5.74, 6) is 0.668. The molecule has 0 aromatic heterocycles. The summed E-state index contributed by atoms with van der Waals surface area (Å²) in [5.41, 5.74) is 0. The zero-order chi connectivity index (χ0) is 15.0. The zero-order valence-corrected chi connectivity index (χ0v) is 12.5. The number of carbonyl (C=O) groups is 1. The lowest BCUT2D eigenvalue weighted by molar-refractivity contribution is 0.182. The number of carbonyl (C=O) groups excluding carboxylic acids is 1. The summed E-state index contributed by atoms with van der Waals surface area (Å²) < 4.78 is 5.62. The fraction of sp³-hybridized carbons (Fsp3) is 0.500. The predicted molar refractivity (Wildman–Crippen MR) is 79.2 cm³/mol. The second-order valence-electron chi connectivity index (χ2n) is 4.66. The van der Waals surface area contributed by atoms with Gasteiger partial charge in [0.05, 0.1) is 12.6 Å². The van der Waals surface area contributed by atoms with Crippen LogP contribution in [-0.4, -0.2) is 36.4 Å². The molecule has 0 bridgehead atoms. The Morgan fingerprint density at radius 2 is 2.15 bits per heavy atom. The number of urea groups is 1. The van der Waals surface area contributed by atoms with Gasteiger partial charge in [-0.3, -0.25) is 0 Å². The SMILES string of the molecule is CC(O)CCNC(=O)NCC(C)Oc1cccc(Cl)c1. The van der Waals surface area contributed by atoms with Gasteiger partial charge in [-0.25, -0.2) is 4.79 Å². The molecule has 112 valence electrons. The fourth-order valence-electron chi connectivity index (χ4n) is 1.51. The van der Waals surface area contributed by atoms with Crippen LogP contribution >= 0.6 is 11.6 Å². The minimum Gasteiger partial charge on any atom is -0.489 e. The number of ether oxygens (including phenoxy) is 1. The van der Waals surface area contributed by atoms with Crippen LogP contribution in [0.4, 0.5) is 4.79 Å². The first-order valence-corrected chi connectivity index (χ1v) is 6.97. The molecule has 0 aliphatic rings. The number of aliphatic hydroxyl groups excluding tert-OH is 1. The molecule has 0 spiro atoms. The molecule has 2 unspecified atom stereocenters. The first-order valence-electron chi connectivity index (χ1n) is 6.59. The van der Waals surface area contributed by atoms with E-state index in [0.717, 1.165) is 0 Å². The van der Waals surface area contributed by atoms with Crippen molar-refractivity contribution in [1.29, 1.82) is 0 Å². The lowest BCUT2D eigenvalue weighted by atomic mass is 10.3. The summed E-state index contributed by atoms with van der Waals surface area (Å²) in [4.78, 5) is 11.5. The van der Waals surface area contributed by atoms with Crippen LogP contribution in [-0.2, 0) is 0 Å². The second kappa shape index (κ2) is 8.66. The van der Waals surface area contributed by atoms with E-state index < -0.39 is 6.10 Å². The third kappa shape index (κ3) is 7.21. The van der Waals surface area contributed by atoms with Crippen molar-refractivity contribution >= 4 is 17.6 Å². The van der Waals surface area contributed by atoms with E-state index in [2.05, 4.69) is 10.6 Å². The monoisotopic (exact) mass is 300 g/mol. The highest BCUT2D eigenvalue weighted by atomic mass is 35.5. The van der Waals surface area contributed by atoms with Crippen molar-refractivity contribution in [2.24, 2.45) is 0 Å². The van der Waals surface area contributed by atoms with E-state index in [1.807, 2.05) is 13.0 Å². The molecule has 0 aliphatic carbocycles. The van der Waals surface area contributed by atoms with E-state index in [0.29, 0.717) is 30.3 Å². The van der Waals surface area contributed by atoms with Gasteiger partial charge < -0.3 is 20.5 Å². The molecule has 5 nitrogen and oxygen atoms in total. The maximum absolute atomic E-state index is 11.5. The van der Waals surface area contributed by atoms with Gasteiger partial charge in [-0.05, 0) is 38.5 Å². The number of halogens is 1. The summed E-state index contributed by atoms with van der Waals surface area (Å²) in [6.45, 7) is 4.36. The van der Waals surface area contributed by atoms with Crippen molar-refractivity contribution in [3.05, 3.63) is 29.3 Å². The molecule has 2 amide bonds. The number of hydrogen-bond donors (Lipinski definition) is 3. The van der Waals surface area contributed by atoms with Gasteiger partial charge in [0, 0.05) is 11.6 Å². The largest absolute Gasteiger partial charge is 0.489 e. The minimum atomic E-state index is -0.416. The molecule has 6 heteroatoms. The Morgan fingerprint density at radius 1 is 1.40 bits per heavy atom. The minimum absolute atomic E-state index is 0.170. The van der Waals surface area contributed by atoms with Crippen LogP contribution in [0, 0.1) is 0 Å². The number of amides is 2. The lowest BCUT2D eigenvalue weighted by Crippen LogP contribution is -2.41. The molecule has 3 N–H and O–H groups in total. The average Bonchev–Trinajstić information content (AvgIpc) is 2.36. The van der Waals surface area contributed by atoms with Crippen LogP contribution in [0.2, 0.25) is 5.02 Å². The highest BCUT2D eigenvalue weighted by Crippen LogP contribution is 2.18. The number of aliphatic hydroxyl groups is 1. The van der Waals surface area contributed by atoms with E-state index in [-0.39, 0.29) is 12.1 Å². The first kappa shape index (κ1) is 16.6. The Balaban J connectivity index is 2.22. The lowest BCUT2D eigenvalue weighted by Gasteiger charge is -2.16. The topological polar surface area (TPSA) is 70.6 Å². The Hall–Kier alpha value is -1.46. The summed E-state index contributed by atoms with van der Waals surface area (Å²) in [6.07, 6.45) is -0.0569. The van der Waals surface area contributed by atoms with Gasteiger partial charge in [-0.1, -0.05) is 17.7 Å². The van der Waals surface area contributed by atoms with E-state index in [4.69, 9.17) is 21.4 Å². The van der Waals surface area contributed by atoms with Crippen molar-refractivity contribution in [3.63, 3.8) is 0 Å². The van der Waals surface area contributed by atoms with Gasteiger partial charge in [-0.15, -0.1) is 0 Å². The molecule has 0 radical (unpaired) electrons. The van der Waals surface area contributed by atoms with E-state index >= 15 is 0 Å². The van der Waals surface area contributed by atoms with E-state index in [1.165, 1.54) is 0 Å². The van der Waals surface area contributed by atoms with Crippen LogP contribution in [0.15, 0.2) is 24.3 Å². The van der Waals surface area contributed by atoms with Crippen molar-refractivity contribution in [1.82, 2.24) is 10.6 Å². The quantitative estimate of drug-likeness (QED) is 0.723. The van der Waals surface area contributed by atoms with E-state index in [9.17, 15) is 4.79 Å². The van der Waals surface area contributed by atoms with Gasteiger partial charge in [0.2, 0.25) is 0 Å². The molecule has 1 aromatic rings. The van der Waals surface area contributed by atoms with Crippen molar-refractivity contribution in [2.75, 3.05) is 13.1 Å². The second-order valence-corrected chi connectivity index (χ2v) is 5.10. The molecule has 0 heterocycles. The molecule has 0 saturated carbocycles. The van der Waals surface area contributed by atoms with Crippen molar-refractivity contribution < 1.29 is 14.6 Å². The Morgan fingerprint density at radius 3 is 2.80 bits per heavy atom. The van der Waals surface area contributed by atoms with E-state index in [1.54, 1.807) is 25.1 Å². The average molecular weight is 301 g/mol. The van der Waals surface area contributed by atoms with Gasteiger partial charge in [0.25, 0.3) is 0 Å². The summed E-state index contributed by atoms with van der Waals surface area (Å²) in [6, 6.07) is 6.84. The molecule has 1 rings (SSSR count). The number of benzene rings is 1. The highest BCUT2D eigenvalue weighted by molar-refractivity contribution is 6.30. The third-order valence-corrected chi connectivity index (χ3v) is 2.77. The smallest absolute Gasteiger partial charge is 0.314 e. The number of rotatable bonds is 7. The maximum Gasteiger partial charge on any atom is 0.314 e. The summed E-state index contributed by atoms with van der Waals surface area (Å²) in [7, 11) is 0. The first-order chi connectivity index (χ1) is 9.47. The number of nitrogens with one attached hydrogen (secondary N) is 2. The summed E-state index contributed by atoms with van der Waals surface area (Å²) in [5, 5.41) is 15.0. The van der Waals surface area contributed by atoms with Gasteiger partial charge in [0.15, 0.2) is 0 Å². The van der Waals surface area contributed by atoms with Crippen LogP contribution in [0.1, 0.15) is 20.3 Å². The Bertz CT molecular complexity index is 427. The predicted octanol–water partition coefficient (Wildman–Crippen LogP) is 2.18. The molecule has 20 heavy (non-hydrogen) atoms. The molecule has 1 aromatic carbocycles. The normalized spacial score (nSPS) is 13.4. The van der Waals surface area contributed by atoms with Gasteiger partial charge in [-0.2, -0.15) is 0 Å². The van der Waals surface area contributed by atoms with Crippen LogP contribution in [0.3, 0.4) is 0 Å². The van der Waals surface area contributed by atoms with Crippen LogP contribution < -0.4 is 15.4 Å². The van der Waals surface area contributed by atoms with Gasteiger partial charge in [0.1, 0.15) is 11.9 Å². The third-order valence-electron chi connectivity index (χ3n) is 2.53. The Labute approximate surface area is 124 Å². The molecule has 2 atom stereocenters. The van der Waals surface area contributed by atoms with Crippen LogP contribution in [0.25, 0.3) is 0 Å². The van der Waals surface area contributed by atoms with Crippen LogP contribution in [0.5, 0.6) is 5.75 Å². The maximum atomic E-state index is 11.5. The standard InChI is InChI=1S/C14H21ClN2O3/c1-10(18)6-7-16-14(19)17-9-11(2)20-13-5-3-4-12(15)8-13/h3-5,8,10-11,18H,6-7,9H2,1-2H3,(H2,16,17,19). The fourth-order valence-corrected chi connectivity index (χ4v) is 1.69. The highest BCUT2D eigenvalue weighted by Gasteiger charge is 2.07. The van der Waals surface area contributed by atoms with Gasteiger partial charge >= 0.3 is 6.03 Å². The van der Waals surface area contributed by atoms with Crippen molar-refractivity contribution in [2.45, 2.75) is 32.5 Å². The molecule has 0 saturated heterocycles. The van der Waals surface area contributed by atoms with Crippen molar-refractivity contribution in [3.8, 4) is 5.75 Å². The molecular formula is C14H21ClN2O3. The molecule has 0 aliphatic heterocycles. The Kier molecular flexibility index (Phi) is 7.18. The number of hydrogen-bond acceptors (Lipinski definition) is 3. The molecule has 0 fully saturated rings. The summed E-state index contributed by atoms with van der Waals surface area (Å²) >= 11 is 5.86.